The molecule has 4 aromatic rings. The normalized spacial score (nSPS) is 11.2. The SMILES string of the molecule is Cc1cc2ccccc2nc1-[c-]1c(C(C)C)cc2ccccc21.[Cr]. The van der Waals surface area contributed by atoms with Crippen LogP contribution in [0.4, 0.5) is 0 Å². The van der Waals surface area contributed by atoms with Crippen LogP contribution in [0.2, 0.25) is 0 Å². The number of fused-ring (bicyclic) bond motifs is 2. The molecule has 0 aliphatic heterocycles. The van der Waals surface area contributed by atoms with Crippen molar-refractivity contribution in [3.05, 3.63) is 71.8 Å². The van der Waals surface area contributed by atoms with E-state index in [1.807, 2.05) is 0 Å². The minimum atomic E-state index is 0. The molecular weight excluding hydrogens is 330 g/mol. The molecule has 1 aromatic heterocycles. The molecule has 0 unspecified atom stereocenters. The van der Waals surface area contributed by atoms with E-state index in [4.69, 9.17) is 4.98 Å². The van der Waals surface area contributed by atoms with Gasteiger partial charge in [0.15, 0.2) is 0 Å². The van der Waals surface area contributed by atoms with Gasteiger partial charge in [0.1, 0.15) is 0 Å². The smallest absolute Gasteiger partial charge is 0.0687 e. The zero-order chi connectivity index (χ0) is 16.0. The van der Waals surface area contributed by atoms with E-state index in [1.54, 1.807) is 0 Å². The van der Waals surface area contributed by atoms with Crippen LogP contribution in [0.3, 0.4) is 0 Å². The number of aromatic nitrogens is 1. The first-order valence-electron chi connectivity index (χ1n) is 8.20. The minimum absolute atomic E-state index is 0. The van der Waals surface area contributed by atoms with E-state index < -0.39 is 0 Å². The molecule has 0 N–H and O–H groups in total. The largest absolute Gasteiger partial charge is 0.264 e. The first-order chi connectivity index (χ1) is 11.1. The van der Waals surface area contributed by atoms with E-state index in [0.717, 1.165) is 11.2 Å². The van der Waals surface area contributed by atoms with E-state index in [9.17, 15) is 0 Å². The van der Waals surface area contributed by atoms with Gasteiger partial charge in [0.25, 0.3) is 0 Å². The van der Waals surface area contributed by atoms with Gasteiger partial charge in [-0.3, -0.25) is 4.98 Å². The van der Waals surface area contributed by atoms with E-state index in [-0.39, 0.29) is 17.4 Å². The van der Waals surface area contributed by atoms with Gasteiger partial charge in [-0.1, -0.05) is 74.4 Å². The summed E-state index contributed by atoms with van der Waals surface area (Å²) >= 11 is 0. The fourth-order valence-electron chi connectivity index (χ4n) is 3.44. The first-order valence-corrected chi connectivity index (χ1v) is 8.20. The fraction of sp³-hybridized carbons (Fsp3) is 0.182. The molecule has 0 bridgehead atoms. The maximum Gasteiger partial charge on any atom is 0.0687 e. The second kappa shape index (κ2) is 6.48. The number of benzene rings is 2. The van der Waals surface area contributed by atoms with Crippen LogP contribution in [0, 0.1) is 6.92 Å². The molecule has 0 spiro atoms. The maximum absolute atomic E-state index is 5.01. The van der Waals surface area contributed by atoms with Crippen molar-refractivity contribution in [1.82, 2.24) is 4.98 Å². The number of aryl methyl sites for hydroxylation is 1. The molecule has 1 nitrogen and oxygen atoms in total. The average Bonchev–Trinajstić information content (AvgIpc) is 2.94. The molecule has 0 radical (unpaired) electrons. The standard InChI is InChI=1S/C22H20N.Cr/c1-14(2)19-13-16-8-4-6-10-18(16)21(19)22-15(3)12-17-9-5-7-11-20(17)23-22;/h4-14H,1-3H3;/q-1;. The van der Waals surface area contributed by atoms with Crippen LogP contribution >= 0.6 is 0 Å². The Labute approximate surface area is 153 Å². The number of nitrogens with zero attached hydrogens (tertiary/aromatic N) is 1. The van der Waals surface area contributed by atoms with Crippen molar-refractivity contribution in [3.8, 4) is 11.3 Å². The summed E-state index contributed by atoms with van der Waals surface area (Å²) in [6, 6.07) is 21.6. The molecule has 0 atom stereocenters. The van der Waals surface area contributed by atoms with Gasteiger partial charge >= 0.3 is 0 Å². The molecule has 4 rings (SSSR count). The zero-order valence-corrected chi connectivity index (χ0v) is 15.5. The van der Waals surface area contributed by atoms with Crippen molar-refractivity contribution in [3.63, 3.8) is 0 Å². The molecule has 0 fully saturated rings. The number of hydrogen-bond acceptors (Lipinski definition) is 1. The monoisotopic (exact) mass is 350 g/mol. The molecule has 0 saturated heterocycles. The molecule has 0 aliphatic carbocycles. The van der Waals surface area contributed by atoms with Crippen molar-refractivity contribution in [1.29, 1.82) is 0 Å². The van der Waals surface area contributed by atoms with Gasteiger partial charge in [-0.05, 0) is 17.4 Å². The van der Waals surface area contributed by atoms with Crippen LogP contribution in [-0.2, 0) is 17.4 Å². The first kappa shape index (κ1) is 16.8. The molecule has 3 aromatic carbocycles. The summed E-state index contributed by atoms with van der Waals surface area (Å²) in [5, 5.41) is 3.82. The third kappa shape index (κ3) is 2.67. The molecule has 2 heteroatoms. The van der Waals surface area contributed by atoms with Gasteiger partial charge in [-0.25, -0.2) is 0 Å². The van der Waals surface area contributed by atoms with Gasteiger partial charge in [0.2, 0.25) is 0 Å². The van der Waals surface area contributed by atoms with E-state index in [1.165, 1.54) is 32.8 Å². The van der Waals surface area contributed by atoms with Gasteiger partial charge in [0, 0.05) is 23.1 Å². The molecule has 0 saturated carbocycles. The molecule has 120 valence electrons. The molecule has 0 amide bonds. The molecule has 1 heterocycles. The van der Waals surface area contributed by atoms with Crippen LogP contribution < -0.4 is 0 Å². The topological polar surface area (TPSA) is 12.9 Å². The molecule has 24 heavy (non-hydrogen) atoms. The van der Waals surface area contributed by atoms with Crippen LogP contribution in [-0.4, -0.2) is 4.98 Å². The van der Waals surface area contributed by atoms with E-state index in [0.29, 0.717) is 5.92 Å². The van der Waals surface area contributed by atoms with Crippen molar-refractivity contribution in [2.75, 3.05) is 0 Å². The molecular formula is C22H20CrN-. The zero-order valence-electron chi connectivity index (χ0n) is 14.2. The average molecular weight is 350 g/mol. The Morgan fingerprint density at radius 2 is 1.54 bits per heavy atom. The van der Waals surface area contributed by atoms with Crippen molar-refractivity contribution in [2.45, 2.75) is 26.7 Å². The Morgan fingerprint density at radius 3 is 2.29 bits per heavy atom. The predicted molar refractivity (Wildman–Crippen MR) is 99.1 cm³/mol. The fourth-order valence-corrected chi connectivity index (χ4v) is 3.44. The summed E-state index contributed by atoms with van der Waals surface area (Å²) < 4.78 is 0. The minimum Gasteiger partial charge on any atom is -0.264 e. The second-order valence-corrected chi connectivity index (χ2v) is 6.56. The van der Waals surface area contributed by atoms with Gasteiger partial charge in [-0.15, -0.1) is 28.5 Å². The summed E-state index contributed by atoms with van der Waals surface area (Å²) in [4.78, 5) is 5.01. The number of pyridine rings is 1. The van der Waals surface area contributed by atoms with Crippen LogP contribution in [0.5, 0.6) is 0 Å². The maximum atomic E-state index is 5.01. The number of rotatable bonds is 2. The number of para-hydroxylation sites is 1. The van der Waals surface area contributed by atoms with Crippen molar-refractivity contribution < 1.29 is 17.4 Å². The van der Waals surface area contributed by atoms with Crippen LogP contribution in [0.25, 0.3) is 32.9 Å². The van der Waals surface area contributed by atoms with Crippen molar-refractivity contribution in [2.24, 2.45) is 0 Å². The summed E-state index contributed by atoms with van der Waals surface area (Å²) in [7, 11) is 0. The third-order valence-corrected chi connectivity index (χ3v) is 4.60. The Morgan fingerprint density at radius 1 is 0.875 bits per heavy atom. The van der Waals surface area contributed by atoms with Gasteiger partial charge in [0.05, 0.1) is 5.52 Å². The quantitative estimate of drug-likeness (QED) is 0.392. The second-order valence-electron chi connectivity index (χ2n) is 6.56. The Hall–Kier alpha value is -2.01. The third-order valence-electron chi connectivity index (χ3n) is 4.60. The van der Waals surface area contributed by atoms with Crippen molar-refractivity contribution >= 4 is 21.7 Å². The summed E-state index contributed by atoms with van der Waals surface area (Å²) in [5.74, 6) is 0.477. The Kier molecular flexibility index (Phi) is 4.54. The predicted octanol–water partition coefficient (Wildman–Crippen LogP) is 6.20. The summed E-state index contributed by atoms with van der Waals surface area (Å²) in [5.41, 5.74) is 6.11. The summed E-state index contributed by atoms with van der Waals surface area (Å²) in [6.07, 6.45) is 0. The number of hydrogen-bond donors (Lipinski definition) is 0. The van der Waals surface area contributed by atoms with E-state index in [2.05, 4.69) is 81.4 Å². The van der Waals surface area contributed by atoms with Crippen LogP contribution in [0.1, 0.15) is 30.9 Å². The summed E-state index contributed by atoms with van der Waals surface area (Å²) in [6.45, 7) is 6.68. The van der Waals surface area contributed by atoms with Gasteiger partial charge < -0.3 is 0 Å². The van der Waals surface area contributed by atoms with Crippen LogP contribution in [0.15, 0.2) is 60.7 Å². The van der Waals surface area contributed by atoms with Gasteiger partial charge in [-0.2, -0.15) is 0 Å². The Bertz CT molecular complexity index is 1010. The van der Waals surface area contributed by atoms with E-state index >= 15 is 0 Å². The molecule has 0 aliphatic rings. The Balaban J connectivity index is 0.00000169.